The van der Waals surface area contributed by atoms with Gasteiger partial charge in [-0.15, -0.1) is 0 Å². The first kappa shape index (κ1) is 10.4. The maximum Gasteiger partial charge on any atom is 0.335 e. The van der Waals surface area contributed by atoms with Gasteiger partial charge in [-0.2, -0.15) is 0 Å². The van der Waals surface area contributed by atoms with E-state index in [2.05, 4.69) is 4.74 Å². The Balaban J connectivity index is 4.22. The van der Waals surface area contributed by atoms with Gasteiger partial charge in [-0.05, 0) is 0 Å². The number of carbonyl (C=O) groups excluding carboxylic acids is 1. The topological polar surface area (TPSA) is 46.5 Å². The average molecular weight is 164 g/mol. The molecule has 0 radical (unpaired) electrons. The van der Waals surface area contributed by atoms with Gasteiger partial charge in [0.2, 0.25) is 0 Å². The number of halogens is 1. The quantitative estimate of drug-likeness (QED) is 0.618. The van der Waals surface area contributed by atoms with Crippen LogP contribution in [0.25, 0.3) is 0 Å². The molecule has 0 aliphatic heterocycles. The van der Waals surface area contributed by atoms with E-state index in [0.29, 0.717) is 0 Å². The molecule has 11 heavy (non-hydrogen) atoms. The van der Waals surface area contributed by atoms with E-state index >= 15 is 0 Å². The summed E-state index contributed by atoms with van der Waals surface area (Å²) in [6.07, 6.45) is -1.39. The summed E-state index contributed by atoms with van der Waals surface area (Å²) in [6, 6.07) is 0. The van der Waals surface area contributed by atoms with Crippen LogP contribution in [0.15, 0.2) is 0 Å². The van der Waals surface area contributed by atoms with Gasteiger partial charge in [-0.25, -0.2) is 4.79 Å². The molecule has 1 unspecified atom stereocenters. The van der Waals surface area contributed by atoms with Crippen molar-refractivity contribution in [3.05, 3.63) is 0 Å². The molecule has 0 saturated carbocycles. The van der Waals surface area contributed by atoms with E-state index < -0.39 is 24.2 Å². The van der Waals surface area contributed by atoms with Gasteiger partial charge in [0.05, 0.1) is 13.8 Å². The van der Waals surface area contributed by atoms with Gasteiger partial charge < -0.3 is 9.84 Å². The maximum absolute atomic E-state index is 12.2. The minimum Gasteiger partial charge on any atom is -0.467 e. The number of alkyl halides is 1. The van der Waals surface area contributed by atoms with E-state index in [4.69, 9.17) is 5.11 Å². The van der Waals surface area contributed by atoms with Crippen LogP contribution in [0.5, 0.6) is 0 Å². The van der Waals surface area contributed by atoms with Crippen LogP contribution in [-0.2, 0) is 9.53 Å². The highest BCUT2D eigenvalue weighted by molar-refractivity contribution is 5.75. The SMILES string of the molecule is COC(=O)C(O)C(C)(C)CF. The summed E-state index contributed by atoms with van der Waals surface area (Å²) in [7, 11) is 1.15. The third-order valence-electron chi connectivity index (χ3n) is 1.51. The van der Waals surface area contributed by atoms with Crippen LogP contribution in [0.1, 0.15) is 13.8 Å². The van der Waals surface area contributed by atoms with Crippen molar-refractivity contribution in [2.75, 3.05) is 13.8 Å². The lowest BCUT2D eigenvalue weighted by Crippen LogP contribution is -2.38. The number of ether oxygens (including phenoxy) is 1. The molecule has 0 aromatic carbocycles. The fourth-order valence-electron chi connectivity index (χ4n) is 0.504. The first-order valence-corrected chi connectivity index (χ1v) is 3.27. The summed E-state index contributed by atoms with van der Waals surface area (Å²) in [4.78, 5) is 10.7. The predicted molar refractivity (Wildman–Crippen MR) is 37.8 cm³/mol. The van der Waals surface area contributed by atoms with Crippen molar-refractivity contribution < 1.29 is 19.0 Å². The second-order valence-electron chi connectivity index (χ2n) is 3.05. The molecule has 4 heteroatoms. The summed E-state index contributed by atoms with van der Waals surface area (Å²) < 4.78 is 16.4. The maximum atomic E-state index is 12.2. The fourth-order valence-corrected chi connectivity index (χ4v) is 0.504. The van der Waals surface area contributed by atoms with Gasteiger partial charge in [-0.3, -0.25) is 4.39 Å². The summed E-state index contributed by atoms with van der Waals surface area (Å²) in [5.74, 6) is -0.798. The standard InChI is InChI=1S/C7H13FO3/c1-7(2,4-8)5(9)6(10)11-3/h5,9H,4H2,1-3H3. The van der Waals surface area contributed by atoms with Gasteiger partial charge in [0.15, 0.2) is 6.10 Å². The number of carbonyl (C=O) groups is 1. The minimum absolute atomic E-state index is 0.761. The van der Waals surface area contributed by atoms with Gasteiger partial charge in [-0.1, -0.05) is 13.8 Å². The van der Waals surface area contributed by atoms with Crippen molar-refractivity contribution in [2.45, 2.75) is 20.0 Å². The number of hydrogen-bond acceptors (Lipinski definition) is 3. The highest BCUT2D eigenvalue weighted by Crippen LogP contribution is 2.21. The molecule has 0 aliphatic carbocycles. The van der Waals surface area contributed by atoms with Crippen LogP contribution < -0.4 is 0 Å². The molecule has 1 atom stereocenters. The number of esters is 1. The second kappa shape index (κ2) is 3.67. The molecule has 0 spiro atoms. The normalized spacial score (nSPS) is 14.3. The summed E-state index contributed by atoms with van der Waals surface area (Å²) in [5.41, 5.74) is -1.06. The molecular weight excluding hydrogens is 151 g/mol. The van der Waals surface area contributed by atoms with E-state index in [1.807, 2.05) is 0 Å². The van der Waals surface area contributed by atoms with Gasteiger partial charge in [0.1, 0.15) is 0 Å². The van der Waals surface area contributed by atoms with Crippen LogP contribution in [0.4, 0.5) is 4.39 Å². The molecule has 66 valence electrons. The van der Waals surface area contributed by atoms with E-state index in [1.54, 1.807) is 0 Å². The summed E-state index contributed by atoms with van der Waals surface area (Å²) >= 11 is 0. The molecule has 0 aromatic heterocycles. The highest BCUT2D eigenvalue weighted by atomic mass is 19.1. The first-order chi connectivity index (χ1) is 4.95. The zero-order valence-corrected chi connectivity index (χ0v) is 6.93. The predicted octanol–water partition coefficient (Wildman–Crippen LogP) is 0.516. The molecule has 0 amide bonds. The van der Waals surface area contributed by atoms with E-state index in [-0.39, 0.29) is 0 Å². The number of rotatable bonds is 3. The number of methoxy groups -OCH3 is 1. The van der Waals surface area contributed by atoms with Crippen LogP contribution in [0, 0.1) is 5.41 Å². The lowest BCUT2D eigenvalue weighted by atomic mass is 9.88. The summed E-state index contributed by atoms with van der Waals surface area (Å²) in [6.45, 7) is 2.15. The minimum atomic E-state index is -1.39. The Labute approximate surface area is 65.2 Å². The molecule has 1 N–H and O–H groups in total. The van der Waals surface area contributed by atoms with Crippen molar-refractivity contribution in [3.63, 3.8) is 0 Å². The third-order valence-corrected chi connectivity index (χ3v) is 1.51. The number of aliphatic hydroxyl groups excluding tert-OH is 1. The molecule has 0 bridgehead atoms. The Morgan fingerprint density at radius 3 is 2.45 bits per heavy atom. The zero-order chi connectivity index (χ0) is 9.07. The Kier molecular flexibility index (Phi) is 3.45. The lowest BCUT2D eigenvalue weighted by Gasteiger charge is -2.24. The second-order valence-corrected chi connectivity index (χ2v) is 3.05. The summed E-state index contributed by atoms with van der Waals surface area (Å²) in [5, 5.41) is 9.13. The van der Waals surface area contributed by atoms with E-state index in [9.17, 15) is 9.18 Å². The number of hydrogen-bond donors (Lipinski definition) is 1. The Bertz CT molecular complexity index is 145. The zero-order valence-electron chi connectivity index (χ0n) is 6.93. The highest BCUT2D eigenvalue weighted by Gasteiger charge is 2.34. The largest absolute Gasteiger partial charge is 0.467 e. The molecule has 0 saturated heterocycles. The van der Waals surface area contributed by atoms with Crippen molar-refractivity contribution in [2.24, 2.45) is 5.41 Å². The molecule has 0 rings (SSSR count). The van der Waals surface area contributed by atoms with Crippen molar-refractivity contribution in [1.82, 2.24) is 0 Å². The van der Waals surface area contributed by atoms with E-state index in [1.165, 1.54) is 13.8 Å². The van der Waals surface area contributed by atoms with Gasteiger partial charge in [0.25, 0.3) is 0 Å². The molecule has 0 aliphatic rings. The molecule has 0 fully saturated rings. The molecule has 0 aromatic rings. The van der Waals surface area contributed by atoms with Crippen LogP contribution in [0.3, 0.4) is 0 Å². The molecule has 0 heterocycles. The first-order valence-electron chi connectivity index (χ1n) is 3.27. The van der Waals surface area contributed by atoms with E-state index in [0.717, 1.165) is 7.11 Å². The molecule has 3 nitrogen and oxygen atoms in total. The van der Waals surface area contributed by atoms with Crippen LogP contribution in [0.2, 0.25) is 0 Å². The third kappa shape index (κ3) is 2.46. The smallest absolute Gasteiger partial charge is 0.335 e. The van der Waals surface area contributed by atoms with Crippen LogP contribution >= 0.6 is 0 Å². The Hall–Kier alpha value is -0.640. The monoisotopic (exact) mass is 164 g/mol. The van der Waals surface area contributed by atoms with Crippen molar-refractivity contribution in [1.29, 1.82) is 0 Å². The molecular formula is C7H13FO3. The van der Waals surface area contributed by atoms with Crippen molar-refractivity contribution >= 4 is 5.97 Å². The van der Waals surface area contributed by atoms with Gasteiger partial charge in [0, 0.05) is 5.41 Å². The Morgan fingerprint density at radius 2 is 2.18 bits per heavy atom. The average Bonchev–Trinajstić information content (AvgIpc) is 2.01. The lowest BCUT2D eigenvalue weighted by molar-refractivity contribution is -0.157. The fraction of sp³-hybridized carbons (Fsp3) is 0.857. The number of aliphatic hydroxyl groups is 1. The van der Waals surface area contributed by atoms with Crippen LogP contribution in [-0.4, -0.2) is 31.0 Å². The van der Waals surface area contributed by atoms with Gasteiger partial charge >= 0.3 is 5.97 Å². The Morgan fingerprint density at radius 1 is 1.73 bits per heavy atom. The van der Waals surface area contributed by atoms with Crippen molar-refractivity contribution in [3.8, 4) is 0 Å².